The summed E-state index contributed by atoms with van der Waals surface area (Å²) in [6.45, 7) is -0.400. The summed E-state index contributed by atoms with van der Waals surface area (Å²) in [6, 6.07) is 8.17. The Bertz CT molecular complexity index is 886. The summed E-state index contributed by atoms with van der Waals surface area (Å²) in [6.07, 6.45) is 2.64. The Balaban J connectivity index is 1.89. The first-order valence-corrected chi connectivity index (χ1v) is 7.35. The Kier molecular flexibility index (Phi) is 4.31. The maximum atomic E-state index is 12.2. The maximum Gasteiger partial charge on any atom is 0.356 e. The number of aliphatic hydroxyl groups is 1. The smallest absolute Gasteiger partial charge is 0.356 e. The number of nitrogens with one attached hydrogen (secondary N) is 1. The number of aliphatic hydroxyl groups excluding tert-OH is 1. The van der Waals surface area contributed by atoms with Crippen LogP contribution in [0.25, 0.3) is 5.69 Å². The number of hydrogen-bond acceptors (Lipinski definition) is 6. The highest BCUT2D eigenvalue weighted by Gasteiger charge is 2.31. The second-order valence-electron chi connectivity index (χ2n) is 5.17. The van der Waals surface area contributed by atoms with Crippen LogP contribution in [-0.2, 0) is 9.59 Å². The Morgan fingerprint density at radius 2 is 1.96 bits per heavy atom. The number of imide groups is 1. The van der Waals surface area contributed by atoms with Crippen LogP contribution < -0.4 is 5.32 Å². The number of hydrogen-bond donors (Lipinski definition) is 3. The normalized spacial score (nSPS) is 14.0. The maximum absolute atomic E-state index is 12.2. The number of amides is 2. The van der Waals surface area contributed by atoms with Crippen LogP contribution in [0.5, 0.6) is 0 Å². The summed E-state index contributed by atoms with van der Waals surface area (Å²) in [5, 5.41) is 24.7. The number of rotatable bonds is 6. The molecule has 3 N–H and O–H groups in total. The predicted octanol–water partition coefficient (Wildman–Crippen LogP) is 0.227. The minimum absolute atomic E-state index is 0.0662. The Hall–Kier alpha value is -3.46. The largest absolute Gasteiger partial charge is 0.476 e. The van der Waals surface area contributed by atoms with Crippen molar-refractivity contribution in [3.63, 3.8) is 0 Å². The second-order valence-corrected chi connectivity index (χ2v) is 5.17. The number of carbonyl (C=O) groups excluding carboxylic acids is 2. The third-order valence-electron chi connectivity index (χ3n) is 3.56. The van der Waals surface area contributed by atoms with Crippen LogP contribution in [0.3, 0.4) is 0 Å². The molecule has 1 aliphatic rings. The summed E-state index contributed by atoms with van der Waals surface area (Å²) in [5.41, 5.74) is 0.935. The van der Waals surface area contributed by atoms with Crippen molar-refractivity contribution in [1.82, 2.24) is 14.7 Å². The van der Waals surface area contributed by atoms with E-state index in [2.05, 4.69) is 10.4 Å². The summed E-state index contributed by atoms with van der Waals surface area (Å²) >= 11 is 0. The number of anilines is 1. The van der Waals surface area contributed by atoms with Gasteiger partial charge in [-0.05, 0) is 18.2 Å². The molecule has 1 aromatic carbocycles. The lowest BCUT2D eigenvalue weighted by molar-refractivity contribution is -0.137. The number of benzene rings is 1. The second kappa shape index (κ2) is 6.57. The first-order chi connectivity index (χ1) is 12.0. The van der Waals surface area contributed by atoms with Gasteiger partial charge in [-0.3, -0.25) is 14.5 Å². The number of β-amino-alcohol motifs (C(OH)–C–C–N with tert-alkyl or cyclic N) is 1. The lowest BCUT2D eigenvalue weighted by Gasteiger charge is -2.15. The minimum Gasteiger partial charge on any atom is -0.476 e. The van der Waals surface area contributed by atoms with Gasteiger partial charge in [-0.25, -0.2) is 9.48 Å². The lowest BCUT2D eigenvalue weighted by Crippen LogP contribution is -2.34. The van der Waals surface area contributed by atoms with Crippen LogP contribution in [0.15, 0.2) is 48.3 Å². The van der Waals surface area contributed by atoms with Crippen molar-refractivity contribution in [2.24, 2.45) is 0 Å². The Morgan fingerprint density at radius 3 is 2.64 bits per heavy atom. The predicted molar refractivity (Wildman–Crippen MR) is 86.0 cm³/mol. The molecule has 3 rings (SSSR count). The molecular formula is C16H14N4O5. The van der Waals surface area contributed by atoms with Gasteiger partial charge in [0, 0.05) is 12.3 Å². The molecule has 25 heavy (non-hydrogen) atoms. The van der Waals surface area contributed by atoms with Gasteiger partial charge in [0.15, 0.2) is 5.69 Å². The zero-order chi connectivity index (χ0) is 18.0. The summed E-state index contributed by atoms with van der Waals surface area (Å²) in [7, 11) is 0. The van der Waals surface area contributed by atoms with Gasteiger partial charge in [-0.1, -0.05) is 12.1 Å². The van der Waals surface area contributed by atoms with Gasteiger partial charge in [-0.15, -0.1) is 0 Å². The molecule has 2 amide bonds. The van der Waals surface area contributed by atoms with Crippen molar-refractivity contribution in [3.05, 3.63) is 54.0 Å². The van der Waals surface area contributed by atoms with Gasteiger partial charge in [0.2, 0.25) is 0 Å². The fourth-order valence-electron chi connectivity index (χ4n) is 2.41. The fourth-order valence-corrected chi connectivity index (χ4v) is 2.41. The molecule has 0 bridgehead atoms. The molecular weight excluding hydrogens is 328 g/mol. The van der Waals surface area contributed by atoms with Gasteiger partial charge in [0.25, 0.3) is 11.8 Å². The van der Waals surface area contributed by atoms with Crippen LogP contribution in [-0.4, -0.2) is 55.8 Å². The molecule has 1 aromatic heterocycles. The van der Waals surface area contributed by atoms with Crippen molar-refractivity contribution in [2.75, 3.05) is 18.5 Å². The van der Waals surface area contributed by atoms with E-state index in [9.17, 15) is 14.4 Å². The average molecular weight is 342 g/mol. The molecule has 0 fully saturated rings. The highest BCUT2D eigenvalue weighted by atomic mass is 16.4. The molecule has 0 aliphatic carbocycles. The molecule has 0 saturated heterocycles. The van der Waals surface area contributed by atoms with E-state index in [4.69, 9.17) is 10.2 Å². The van der Waals surface area contributed by atoms with E-state index in [0.29, 0.717) is 11.4 Å². The first kappa shape index (κ1) is 16.4. The van der Waals surface area contributed by atoms with E-state index in [-0.39, 0.29) is 24.5 Å². The monoisotopic (exact) mass is 342 g/mol. The van der Waals surface area contributed by atoms with Crippen LogP contribution in [0, 0.1) is 0 Å². The van der Waals surface area contributed by atoms with Gasteiger partial charge in [-0.2, -0.15) is 5.10 Å². The zero-order valence-corrected chi connectivity index (χ0v) is 12.9. The third kappa shape index (κ3) is 3.12. The molecule has 1 aliphatic heterocycles. The highest BCUT2D eigenvalue weighted by molar-refractivity contribution is 6.17. The first-order valence-electron chi connectivity index (χ1n) is 7.35. The minimum atomic E-state index is -1.15. The van der Waals surface area contributed by atoms with Crippen molar-refractivity contribution < 1.29 is 24.6 Å². The van der Waals surface area contributed by atoms with E-state index >= 15 is 0 Å². The summed E-state index contributed by atoms with van der Waals surface area (Å²) in [5.74, 6) is -2.20. The van der Waals surface area contributed by atoms with Crippen LogP contribution in [0.2, 0.25) is 0 Å². The number of aromatic nitrogens is 2. The number of nitrogens with zero attached hydrogens (tertiary/aromatic N) is 3. The molecule has 0 radical (unpaired) electrons. The van der Waals surface area contributed by atoms with Crippen LogP contribution in [0.4, 0.5) is 5.69 Å². The van der Waals surface area contributed by atoms with E-state index in [1.807, 2.05) is 0 Å². The molecule has 2 aromatic rings. The summed E-state index contributed by atoms with van der Waals surface area (Å²) in [4.78, 5) is 35.9. The molecule has 0 spiro atoms. The standard InChI is InChI=1S/C16H14N4O5/c21-8-7-19-14(22)9-12(15(19)23)17-10-3-1-2-4-13(10)20-6-5-11(18-20)16(24)25/h1-6,9,17,21H,7-8H2,(H,24,25). The molecule has 9 heteroatoms. The van der Waals surface area contributed by atoms with Crippen LogP contribution >= 0.6 is 0 Å². The van der Waals surface area contributed by atoms with Crippen molar-refractivity contribution in [3.8, 4) is 5.69 Å². The van der Waals surface area contributed by atoms with E-state index < -0.39 is 17.8 Å². The SMILES string of the molecule is O=C(O)c1ccn(-c2ccccc2NC2=CC(=O)N(CCO)C2=O)n1. The zero-order valence-electron chi connectivity index (χ0n) is 12.9. The number of carboxylic acid groups (broad SMARTS) is 1. The Labute approximate surface area is 141 Å². The molecule has 2 heterocycles. The van der Waals surface area contributed by atoms with E-state index in [1.54, 1.807) is 24.3 Å². The number of carboxylic acids is 1. The number of aromatic carboxylic acids is 1. The molecule has 0 atom stereocenters. The van der Waals surface area contributed by atoms with Gasteiger partial charge >= 0.3 is 5.97 Å². The quantitative estimate of drug-likeness (QED) is 0.642. The average Bonchev–Trinajstić information content (AvgIpc) is 3.17. The third-order valence-corrected chi connectivity index (χ3v) is 3.56. The van der Waals surface area contributed by atoms with Gasteiger partial charge in [0.05, 0.1) is 24.5 Å². The van der Waals surface area contributed by atoms with Crippen molar-refractivity contribution in [1.29, 1.82) is 0 Å². The van der Waals surface area contributed by atoms with Gasteiger partial charge < -0.3 is 15.5 Å². The Morgan fingerprint density at radius 1 is 1.20 bits per heavy atom. The van der Waals surface area contributed by atoms with Gasteiger partial charge in [0.1, 0.15) is 5.70 Å². The fraction of sp³-hybridized carbons (Fsp3) is 0.125. The highest BCUT2D eigenvalue weighted by Crippen LogP contribution is 2.23. The van der Waals surface area contributed by atoms with Crippen molar-refractivity contribution in [2.45, 2.75) is 0 Å². The molecule has 9 nitrogen and oxygen atoms in total. The molecule has 0 unspecified atom stereocenters. The van der Waals surface area contributed by atoms with E-state index in [1.165, 1.54) is 16.9 Å². The number of carbonyl (C=O) groups is 3. The van der Waals surface area contributed by atoms with Crippen molar-refractivity contribution >= 4 is 23.5 Å². The topological polar surface area (TPSA) is 125 Å². The number of para-hydroxylation sites is 2. The lowest BCUT2D eigenvalue weighted by atomic mass is 10.2. The van der Waals surface area contributed by atoms with E-state index in [0.717, 1.165) is 11.0 Å². The molecule has 128 valence electrons. The molecule has 0 saturated carbocycles. The van der Waals surface area contributed by atoms with Crippen LogP contribution in [0.1, 0.15) is 10.5 Å². The summed E-state index contributed by atoms with van der Waals surface area (Å²) < 4.78 is 1.36.